The number of para-hydroxylation sites is 1. The van der Waals surface area contributed by atoms with Crippen molar-refractivity contribution in [3.63, 3.8) is 0 Å². The monoisotopic (exact) mass is 536 g/mol. The summed E-state index contributed by atoms with van der Waals surface area (Å²) in [4.78, 5) is 26.0. The van der Waals surface area contributed by atoms with Gasteiger partial charge in [-0.15, -0.1) is 0 Å². The fraction of sp³-hybridized carbons (Fsp3) is 0.111. The number of methoxy groups -OCH3 is 3. The summed E-state index contributed by atoms with van der Waals surface area (Å²) in [5.41, 5.74) is 1.10. The molecule has 1 aromatic heterocycles. The number of hydrogen-bond acceptors (Lipinski definition) is 7. The molecule has 7 nitrogen and oxygen atoms in total. The Bertz CT molecular complexity index is 1470. The van der Waals surface area contributed by atoms with Crippen LogP contribution >= 0.6 is 15.9 Å². The maximum Gasteiger partial charge on any atom is 0.336 e. The zero-order valence-corrected chi connectivity index (χ0v) is 20.7. The average Bonchev–Trinajstić information content (AvgIpc) is 2.88. The average molecular weight is 537 g/mol. The van der Waals surface area contributed by atoms with E-state index in [0.29, 0.717) is 32.9 Å². The van der Waals surface area contributed by atoms with Crippen LogP contribution in [0.25, 0.3) is 28.4 Å². The molecule has 0 aliphatic rings. The predicted molar refractivity (Wildman–Crippen MR) is 136 cm³/mol. The lowest BCUT2D eigenvalue weighted by atomic mass is 10.1. The van der Waals surface area contributed by atoms with Crippen LogP contribution in [0.1, 0.15) is 5.56 Å². The Hall–Kier alpha value is -4.04. The summed E-state index contributed by atoms with van der Waals surface area (Å²) in [6, 6.07) is 17.2. The number of hydrogen-bond donors (Lipinski definition) is 0. The van der Waals surface area contributed by atoms with Crippen LogP contribution in [-0.2, 0) is 4.79 Å². The molecule has 0 saturated carbocycles. The maximum absolute atomic E-state index is 13.3. The van der Waals surface area contributed by atoms with E-state index in [1.807, 2.05) is 0 Å². The van der Waals surface area contributed by atoms with E-state index in [2.05, 4.69) is 15.9 Å². The van der Waals surface area contributed by atoms with Gasteiger partial charge < -0.3 is 23.4 Å². The van der Waals surface area contributed by atoms with E-state index in [1.165, 1.54) is 20.3 Å². The van der Waals surface area contributed by atoms with Gasteiger partial charge in [0.25, 0.3) is 0 Å². The highest BCUT2D eigenvalue weighted by Gasteiger charge is 2.22. The van der Waals surface area contributed by atoms with Crippen molar-refractivity contribution in [2.24, 2.45) is 0 Å². The predicted octanol–water partition coefficient (Wildman–Crippen LogP) is 5.87. The molecule has 0 saturated heterocycles. The normalized spacial score (nSPS) is 11.0. The largest absolute Gasteiger partial charge is 0.497 e. The topological polar surface area (TPSA) is 84.2 Å². The molecular formula is C27H21BrO7. The fourth-order valence-electron chi connectivity index (χ4n) is 3.47. The van der Waals surface area contributed by atoms with E-state index >= 15 is 0 Å². The van der Waals surface area contributed by atoms with Crippen LogP contribution in [0.2, 0.25) is 0 Å². The fourth-order valence-corrected chi connectivity index (χ4v) is 4.07. The van der Waals surface area contributed by atoms with Crippen molar-refractivity contribution in [2.45, 2.75) is 0 Å². The number of halogens is 1. The Morgan fingerprint density at radius 2 is 1.66 bits per heavy atom. The van der Waals surface area contributed by atoms with Crippen LogP contribution in [0.4, 0.5) is 0 Å². The quantitative estimate of drug-likeness (QED) is 0.216. The minimum Gasteiger partial charge on any atom is -0.497 e. The minimum atomic E-state index is -0.732. The molecule has 0 atom stereocenters. The molecule has 8 heteroatoms. The van der Waals surface area contributed by atoms with E-state index in [9.17, 15) is 9.59 Å². The van der Waals surface area contributed by atoms with Crippen molar-refractivity contribution < 1.29 is 28.2 Å². The molecule has 0 aliphatic heterocycles. The number of benzene rings is 3. The summed E-state index contributed by atoms with van der Waals surface area (Å²) in [5, 5.41) is 0.290. The number of ether oxygens (including phenoxy) is 4. The summed E-state index contributed by atoms with van der Waals surface area (Å²) in [5.74, 6) is 0.701. The van der Waals surface area contributed by atoms with Gasteiger partial charge in [-0.25, -0.2) is 4.79 Å². The lowest BCUT2D eigenvalue weighted by Crippen LogP contribution is -2.14. The highest BCUT2D eigenvalue weighted by Crippen LogP contribution is 2.41. The van der Waals surface area contributed by atoms with Crippen LogP contribution in [0.15, 0.2) is 80.4 Å². The number of carbonyl (C=O) groups is 1. The van der Waals surface area contributed by atoms with Gasteiger partial charge in [-0.2, -0.15) is 0 Å². The third-order valence-electron chi connectivity index (χ3n) is 5.18. The van der Waals surface area contributed by atoms with Crippen molar-refractivity contribution in [1.82, 2.24) is 0 Å². The summed E-state index contributed by atoms with van der Waals surface area (Å²) in [6.07, 6.45) is 2.82. The number of rotatable bonds is 7. The van der Waals surface area contributed by atoms with E-state index in [0.717, 1.165) is 5.56 Å². The first-order chi connectivity index (χ1) is 16.9. The Morgan fingerprint density at radius 1 is 0.914 bits per heavy atom. The Balaban J connectivity index is 1.78. The molecule has 0 fully saturated rings. The van der Waals surface area contributed by atoms with Crippen molar-refractivity contribution >= 4 is 38.9 Å². The molecule has 0 aliphatic carbocycles. The van der Waals surface area contributed by atoms with Gasteiger partial charge in [0.15, 0.2) is 17.3 Å². The second-order valence-corrected chi connectivity index (χ2v) is 8.16. The van der Waals surface area contributed by atoms with Gasteiger partial charge in [0.1, 0.15) is 11.3 Å². The second kappa shape index (κ2) is 10.5. The van der Waals surface area contributed by atoms with Crippen molar-refractivity contribution in [2.75, 3.05) is 21.3 Å². The van der Waals surface area contributed by atoms with Gasteiger partial charge in [-0.1, -0.05) is 24.3 Å². The van der Waals surface area contributed by atoms with Gasteiger partial charge >= 0.3 is 5.97 Å². The number of fused-ring (bicyclic) bond motifs is 1. The van der Waals surface area contributed by atoms with E-state index in [4.69, 9.17) is 23.4 Å². The first kappa shape index (κ1) is 24.1. The third-order valence-corrected chi connectivity index (χ3v) is 5.77. The van der Waals surface area contributed by atoms with Crippen molar-refractivity contribution in [3.8, 4) is 34.3 Å². The lowest BCUT2D eigenvalue weighted by Gasteiger charge is -2.14. The van der Waals surface area contributed by atoms with Gasteiger partial charge in [0, 0.05) is 11.6 Å². The summed E-state index contributed by atoms with van der Waals surface area (Å²) < 4.78 is 28.1. The molecule has 0 amide bonds. The minimum absolute atomic E-state index is 0.0848. The summed E-state index contributed by atoms with van der Waals surface area (Å²) in [7, 11) is 4.59. The van der Waals surface area contributed by atoms with Crippen molar-refractivity contribution in [3.05, 3.63) is 87.0 Å². The third kappa shape index (κ3) is 5.07. The molecule has 1 heterocycles. The zero-order valence-electron chi connectivity index (χ0n) is 19.2. The molecule has 0 N–H and O–H groups in total. The molecule has 0 unspecified atom stereocenters. The molecule has 4 aromatic rings. The zero-order chi connectivity index (χ0) is 24.9. The van der Waals surface area contributed by atoms with Gasteiger partial charge in [-0.05, 0) is 64.0 Å². The first-order valence-electron chi connectivity index (χ1n) is 10.5. The maximum atomic E-state index is 13.3. The molecule has 178 valence electrons. The molecule has 3 aromatic carbocycles. The van der Waals surface area contributed by atoms with Gasteiger partial charge in [0.05, 0.1) is 31.2 Å². The van der Waals surface area contributed by atoms with Crippen LogP contribution in [0.5, 0.6) is 23.0 Å². The molecule has 35 heavy (non-hydrogen) atoms. The molecular weight excluding hydrogens is 516 g/mol. The van der Waals surface area contributed by atoms with Gasteiger partial charge in [0.2, 0.25) is 11.2 Å². The number of carbonyl (C=O) groups excluding carboxylic acids is 1. The highest BCUT2D eigenvalue weighted by atomic mass is 79.9. The molecule has 4 rings (SSSR count). The van der Waals surface area contributed by atoms with Crippen LogP contribution < -0.4 is 24.4 Å². The molecule has 0 bridgehead atoms. The Labute approximate surface area is 209 Å². The van der Waals surface area contributed by atoms with Gasteiger partial charge in [-0.3, -0.25) is 4.79 Å². The first-order valence-corrected chi connectivity index (χ1v) is 11.3. The molecule has 0 radical (unpaired) electrons. The smallest absolute Gasteiger partial charge is 0.336 e. The van der Waals surface area contributed by atoms with E-state index in [1.54, 1.807) is 73.8 Å². The number of esters is 1. The van der Waals surface area contributed by atoms with Crippen LogP contribution in [-0.4, -0.2) is 27.3 Å². The highest BCUT2D eigenvalue weighted by molar-refractivity contribution is 9.10. The Kier molecular flexibility index (Phi) is 7.22. The SMILES string of the molecule is COc1ccc(C=CC(=O)Oc2c(-c3cc(Br)c(OC)c(OC)c3)oc3ccccc3c2=O)cc1. The van der Waals surface area contributed by atoms with Crippen LogP contribution in [0.3, 0.4) is 0 Å². The Morgan fingerprint density at radius 3 is 2.34 bits per heavy atom. The lowest BCUT2D eigenvalue weighted by molar-refractivity contribution is -0.129. The van der Waals surface area contributed by atoms with Crippen molar-refractivity contribution in [1.29, 1.82) is 0 Å². The standard InChI is InChI=1S/C27H21BrO7/c1-31-18-11-8-16(9-12-18)10-13-23(29)35-27-24(30)19-6-4-5-7-21(19)34-25(27)17-14-20(28)26(33-3)22(15-17)32-2/h4-15H,1-3H3. The van der Waals surface area contributed by atoms with Crippen LogP contribution in [0, 0.1) is 0 Å². The summed E-state index contributed by atoms with van der Waals surface area (Å²) in [6.45, 7) is 0. The summed E-state index contributed by atoms with van der Waals surface area (Å²) >= 11 is 3.45. The van der Waals surface area contributed by atoms with E-state index < -0.39 is 11.4 Å². The second-order valence-electron chi connectivity index (χ2n) is 7.31. The molecule has 0 spiro atoms. The van der Waals surface area contributed by atoms with E-state index in [-0.39, 0.29) is 16.9 Å².